The zero-order valence-corrected chi connectivity index (χ0v) is 15.7. The van der Waals surface area contributed by atoms with Gasteiger partial charge in [0.1, 0.15) is 6.10 Å². The fourth-order valence-corrected chi connectivity index (χ4v) is 3.06. The van der Waals surface area contributed by atoms with Crippen LogP contribution in [-0.4, -0.2) is 29.9 Å². The minimum Gasteiger partial charge on any atom is -0.347 e. The standard InChI is InChI=1S/C23H27NO2/c1-23(2)25-19-22(26-23)15-9-10-16-24(17-20-11-5-3-6-12-20)18-21-13-7-4-8-14-21/h3-8,11-14,22H,10,16-19H2,1-2H3. The summed E-state index contributed by atoms with van der Waals surface area (Å²) in [5, 5.41) is 0. The molecule has 26 heavy (non-hydrogen) atoms. The molecule has 0 saturated carbocycles. The Morgan fingerprint density at radius 3 is 2.04 bits per heavy atom. The number of nitrogens with zero attached hydrogens (tertiary/aromatic N) is 1. The smallest absolute Gasteiger partial charge is 0.164 e. The molecule has 0 bridgehead atoms. The number of hydrogen-bond donors (Lipinski definition) is 0. The highest BCUT2D eigenvalue weighted by molar-refractivity contribution is 5.17. The van der Waals surface area contributed by atoms with Crippen LogP contribution in [0.1, 0.15) is 31.4 Å². The van der Waals surface area contributed by atoms with Crippen molar-refractivity contribution in [2.24, 2.45) is 0 Å². The third-order valence-corrected chi connectivity index (χ3v) is 4.32. The number of benzene rings is 2. The summed E-state index contributed by atoms with van der Waals surface area (Å²) in [7, 11) is 0. The van der Waals surface area contributed by atoms with E-state index in [1.54, 1.807) is 0 Å². The highest BCUT2D eigenvalue weighted by Gasteiger charge is 2.31. The topological polar surface area (TPSA) is 21.7 Å². The molecule has 1 aliphatic rings. The van der Waals surface area contributed by atoms with Crippen LogP contribution in [0.5, 0.6) is 0 Å². The van der Waals surface area contributed by atoms with Crippen molar-refractivity contribution in [2.45, 2.75) is 45.2 Å². The quantitative estimate of drug-likeness (QED) is 0.728. The molecule has 1 unspecified atom stereocenters. The average Bonchev–Trinajstić information content (AvgIpc) is 2.99. The van der Waals surface area contributed by atoms with Gasteiger partial charge in [-0.2, -0.15) is 0 Å². The largest absolute Gasteiger partial charge is 0.347 e. The summed E-state index contributed by atoms with van der Waals surface area (Å²) in [6, 6.07) is 21.2. The molecule has 3 nitrogen and oxygen atoms in total. The van der Waals surface area contributed by atoms with Gasteiger partial charge >= 0.3 is 0 Å². The molecular formula is C23H27NO2. The third-order valence-electron chi connectivity index (χ3n) is 4.32. The highest BCUT2D eigenvalue weighted by atomic mass is 16.7. The van der Waals surface area contributed by atoms with Crippen LogP contribution in [-0.2, 0) is 22.6 Å². The maximum atomic E-state index is 5.74. The minimum absolute atomic E-state index is 0.110. The second-order valence-corrected chi connectivity index (χ2v) is 7.07. The fraction of sp³-hybridized carbons (Fsp3) is 0.391. The zero-order chi connectivity index (χ0) is 18.2. The highest BCUT2D eigenvalue weighted by Crippen LogP contribution is 2.21. The first-order valence-electron chi connectivity index (χ1n) is 9.21. The van der Waals surface area contributed by atoms with Crippen molar-refractivity contribution in [3.05, 3.63) is 71.8 Å². The molecule has 0 spiro atoms. The van der Waals surface area contributed by atoms with Crippen LogP contribution in [0.15, 0.2) is 60.7 Å². The van der Waals surface area contributed by atoms with Gasteiger partial charge in [-0.15, -0.1) is 0 Å². The Labute approximate surface area is 156 Å². The average molecular weight is 349 g/mol. The van der Waals surface area contributed by atoms with E-state index >= 15 is 0 Å². The van der Waals surface area contributed by atoms with Crippen molar-refractivity contribution < 1.29 is 9.47 Å². The molecule has 3 rings (SSSR count). The van der Waals surface area contributed by atoms with Crippen LogP contribution >= 0.6 is 0 Å². The van der Waals surface area contributed by atoms with Crippen molar-refractivity contribution in [1.82, 2.24) is 4.90 Å². The molecule has 2 aromatic rings. The monoisotopic (exact) mass is 349 g/mol. The van der Waals surface area contributed by atoms with E-state index < -0.39 is 5.79 Å². The molecule has 0 N–H and O–H groups in total. The first kappa shape index (κ1) is 18.7. The molecule has 1 aliphatic heterocycles. The van der Waals surface area contributed by atoms with Crippen LogP contribution < -0.4 is 0 Å². The molecule has 3 heteroatoms. The van der Waals surface area contributed by atoms with Gasteiger partial charge < -0.3 is 9.47 Å². The van der Waals surface area contributed by atoms with Crippen molar-refractivity contribution in [2.75, 3.05) is 13.2 Å². The van der Waals surface area contributed by atoms with Gasteiger partial charge in [-0.05, 0) is 25.0 Å². The summed E-state index contributed by atoms with van der Waals surface area (Å²) >= 11 is 0. The predicted octanol–water partition coefficient (Wildman–Crippen LogP) is 4.23. The first-order valence-corrected chi connectivity index (χ1v) is 9.21. The maximum absolute atomic E-state index is 5.74. The Kier molecular flexibility index (Phi) is 6.46. The summed E-state index contributed by atoms with van der Waals surface area (Å²) in [6.07, 6.45) is 0.710. The van der Waals surface area contributed by atoms with Gasteiger partial charge in [0.2, 0.25) is 0 Å². The Balaban J connectivity index is 1.57. The summed E-state index contributed by atoms with van der Waals surface area (Å²) < 4.78 is 11.3. The SMILES string of the molecule is CC1(C)OCC(C#CCCN(Cc2ccccc2)Cc2ccccc2)O1. The molecule has 1 heterocycles. The van der Waals surface area contributed by atoms with Crippen LogP contribution in [0.2, 0.25) is 0 Å². The Bertz CT molecular complexity index is 690. The van der Waals surface area contributed by atoms with Gasteiger partial charge in [0, 0.05) is 26.1 Å². The third kappa shape index (κ3) is 6.00. The van der Waals surface area contributed by atoms with E-state index in [2.05, 4.69) is 77.4 Å². The number of ether oxygens (including phenoxy) is 2. The Hall–Kier alpha value is -2.12. The van der Waals surface area contributed by atoms with Gasteiger partial charge in [0.25, 0.3) is 0 Å². The summed E-state index contributed by atoms with van der Waals surface area (Å²) in [5.74, 6) is 5.96. The normalized spacial score (nSPS) is 18.5. The maximum Gasteiger partial charge on any atom is 0.164 e. The first-order chi connectivity index (χ1) is 12.6. The zero-order valence-electron chi connectivity index (χ0n) is 15.7. The lowest BCUT2D eigenvalue weighted by Gasteiger charge is -2.21. The van der Waals surface area contributed by atoms with Crippen LogP contribution in [0.25, 0.3) is 0 Å². The summed E-state index contributed by atoms with van der Waals surface area (Å²) in [4.78, 5) is 2.44. The molecular weight excluding hydrogens is 322 g/mol. The van der Waals surface area contributed by atoms with E-state index in [4.69, 9.17) is 9.47 Å². The molecule has 1 atom stereocenters. The van der Waals surface area contributed by atoms with Crippen molar-refractivity contribution in [1.29, 1.82) is 0 Å². The second-order valence-electron chi connectivity index (χ2n) is 7.07. The second kappa shape index (κ2) is 9.00. The van der Waals surface area contributed by atoms with Crippen molar-refractivity contribution in [3.63, 3.8) is 0 Å². The van der Waals surface area contributed by atoms with E-state index in [1.807, 2.05) is 13.8 Å². The molecule has 1 fully saturated rings. The predicted molar refractivity (Wildman–Crippen MR) is 104 cm³/mol. The van der Waals surface area contributed by atoms with Gasteiger partial charge in [0.15, 0.2) is 5.79 Å². The van der Waals surface area contributed by atoms with E-state index in [0.717, 1.165) is 26.1 Å². The Morgan fingerprint density at radius 2 is 1.54 bits per heavy atom. The van der Waals surface area contributed by atoms with Gasteiger partial charge in [-0.3, -0.25) is 4.90 Å². The molecule has 2 aromatic carbocycles. The van der Waals surface area contributed by atoms with Crippen molar-refractivity contribution in [3.8, 4) is 11.8 Å². The minimum atomic E-state index is -0.508. The van der Waals surface area contributed by atoms with E-state index in [0.29, 0.717) is 6.61 Å². The molecule has 0 radical (unpaired) electrons. The van der Waals surface area contributed by atoms with Crippen LogP contribution in [0.3, 0.4) is 0 Å². The van der Waals surface area contributed by atoms with E-state index in [9.17, 15) is 0 Å². The van der Waals surface area contributed by atoms with Crippen molar-refractivity contribution >= 4 is 0 Å². The number of rotatable bonds is 6. The van der Waals surface area contributed by atoms with E-state index in [-0.39, 0.29) is 6.10 Å². The summed E-state index contributed by atoms with van der Waals surface area (Å²) in [6.45, 7) is 7.18. The lowest BCUT2D eigenvalue weighted by molar-refractivity contribution is -0.132. The molecule has 1 saturated heterocycles. The summed E-state index contributed by atoms with van der Waals surface area (Å²) in [5.41, 5.74) is 2.65. The molecule has 0 aliphatic carbocycles. The van der Waals surface area contributed by atoms with E-state index in [1.165, 1.54) is 11.1 Å². The lowest BCUT2D eigenvalue weighted by atomic mass is 10.1. The Morgan fingerprint density at radius 1 is 0.962 bits per heavy atom. The molecule has 0 amide bonds. The van der Waals surface area contributed by atoms with Crippen LogP contribution in [0.4, 0.5) is 0 Å². The van der Waals surface area contributed by atoms with Crippen LogP contribution in [0, 0.1) is 11.8 Å². The molecule has 0 aromatic heterocycles. The van der Waals surface area contributed by atoms with Gasteiger partial charge in [-0.1, -0.05) is 72.5 Å². The number of hydrogen-bond acceptors (Lipinski definition) is 3. The van der Waals surface area contributed by atoms with Gasteiger partial charge in [-0.25, -0.2) is 0 Å². The molecule has 136 valence electrons. The van der Waals surface area contributed by atoms with Gasteiger partial charge in [0.05, 0.1) is 6.61 Å². The fourth-order valence-electron chi connectivity index (χ4n) is 3.06. The lowest BCUT2D eigenvalue weighted by Crippen LogP contribution is -2.24.